The van der Waals surface area contributed by atoms with Crippen LogP contribution in [0.1, 0.15) is 12.1 Å². The van der Waals surface area contributed by atoms with Crippen molar-refractivity contribution in [1.29, 1.82) is 0 Å². The second kappa shape index (κ2) is 5.47. The van der Waals surface area contributed by atoms with Gasteiger partial charge in [-0.3, -0.25) is 0 Å². The summed E-state index contributed by atoms with van der Waals surface area (Å²) < 4.78 is 1.80. The minimum Gasteiger partial charge on any atom is -0.214 e. The van der Waals surface area contributed by atoms with Crippen molar-refractivity contribution >= 4 is 17.7 Å². The van der Waals surface area contributed by atoms with Gasteiger partial charge in [-0.2, -0.15) is 0 Å². The van der Waals surface area contributed by atoms with Crippen LogP contribution in [0.25, 0.3) is 11.8 Å². The highest BCUT2D eigenvalue weighted by atomic mass is 35.5. The third kappa shape index (κ3) is 2.49. The van der Waals surface area contributed by atoms with Crippen LogP contribution in [0.3, 0.4) is 0 Å². The molecule has 1 aromatic carbocycles. The van der Waals surface area contributed by atoms with Gasteiger partial charge in [0.2, 0.25) is 0 Å². The molecule has 0 unspecified atom stereocenters. The van der Waals surface area contributed by atoms with E-state index in [4.69, 9.17) is 11.6 Å². The second-order valence-electron chi connectivity index (χ2n) is 3.29. The summed E-state index contributed by atoms with van der Waals surface area (Å²) >= 11 is 5.61. The predicted molar refractivity (Wildman–Crippen MR) is 65.7 cm³/mol. The van der Waals surface area contributed by atoms with Gasteiger partial charge in [0.25, 0.3) is 0 Å². The molecule has 0 amide bonds. The normalized spacial score (nSPS) is 11.1. The zero-order chi connectivity index (χ0) is 11.2. The van der Waals surface area contributed by atoms with Crippen LogP contribution in [0.5, 0.6) is 0 Å². The number of aromatic nitrogens is 3. The fourth-order valence-corrected chi connectivity index (χ4v) is 1.52. The molecular weight excluding hydrogens is 222 g/mol. The molecular formula is C12H12ClN3. The maximum atomic E-state index is 5.61. The van der Waals surface area contributed by atoms with Gasteiger partial charge in [0, 0.05) is 5.88 Å². The molecule has 0 atom stereocenters. The summed E-state index contributed by atoms with van der Waals surface area (Å²) in [6, 6.07) is 9.91. The lowest BCUT2D eigenvalue weighted by Gasteiger charge is -2.01. The summed E-state index contributed by atoms with van der Waals surface area (Å²) in [6.07, 6.45) is 6.58. The van der Waals surface area contributed by atoms with Crippen molar-refractivity contribution in [2.24, 2.45) is 0 Å². The van der Waals surface area contributed by atoms with Crippen LogP contribution in [0.2, 0.25) is 0 Å². The van der Waals surface area contributed by atoms with Crippen molar-refractivity contribution in [2.75, 3.05) is 5.88 Å². The molecule has 0 N–H and O–H groups in total. The van der Waals surface area contributed by atoms with E-state index >= 15 is 0 Å². The molecule has 3 nitrogen and oxygen atoms in total. The number of nitrogens with zero attached hydrogens (tertiary/aromatic N) is 3. The Morgan fingerprint density at radius 1 is 1.25 bits per heavy atom. The molecule has 2 rings (SSSR count). The smallest absolute Gasteiger partial charge is 0.0868 e. The summed E-state index contributed by atoms with van der Waals surface area (Å²) in [5, 5.41) is 7.95. The molecule has 0 fully saturated rings. The topological polar surface area (TPSA) is 30.7 Å². The molecule has 0 saturated heterocycles. The number of halogens is 1. The van der Waals surface area contributed by atoms with Crippen molar-refractivity contribution in [1.82, 2.24) is 15.0 Å². The first-order valence-electron chi connectivity index (χ1n) is 5.10. The second-order valence-corrected chi connectivity index (χ2v) is 3.66. The first kappa shape index (κ1) is 10.9. The Balaban J connectivity index is 2.26. The Morgan fingerprint density at radius 2 is 2.06 bits per heavy atom. The summed E-state index contributed by atoms with van der Waals surface area (Å²) in [5.74, 6) is 0.628. The van der Waals surface area contributed by atoms with Gasteiger partial charge < -0.3 is 0 Å². The van der Waals surface area contributed by atoms with Gasteiger partial charge in [-0.25, -0.2) is 4.68 Å². The van der Waals surface area contributed by atoms with E-state index in [0.717, 1.165) is 17.8 Å². The van der Waals surface area contributed by atoms with Gasteiger partial charge >= 0.3 is 0 Å². The molecule has 0 saturated carbocycles. The largest absolute Gasteiger partial charge is 0.214 e. The summed E-state index contributed by atoms with van der Waals surface area (Å²) in [7, 11) is 0. The van der Waals surface area contributed by atoms with Crippen molar-refractivity contribution in [3.05, 3.63) is 48.3 Å². The lowest BCUT2D eigenvalue weighted by Crippen LogP contribution is -1.98. The van der Waals surface area contributed by atoms with Gasteiger partial charge in [0.05, 0.1) is 17.6 Å². The molecule has 2 aromatic rings. The highest BCUT2D eigenvalue weighted by Gasteiger charge is 2.01. The Morgan fingerprint density at radius 3 is 2.81 bits per heavy atom. The quantitative estimate of drug-likeness (QED) is 0.761. The number of para-hydroxylation sites is 1. The predicted octanol–water partition coefficient (Wildman–Crippen LogP) is 2.91. The Kier molecular flexibility index (Phi) is 3.72. The maximum Gasteiger partial charge on any atom is 0.0868 e. The number of hydrogen-bond acceptors (Lipinski definition) is 2. The van der Waals surface area contributed by atoms with Crippen molar-refractivity contribution in [2.45, 2.75) is 6.42 Å². The van der Waals surface area contributed by atoms with E-state index in [1.54, 1.807) is 10.9 Å². The average molecular weight is 234 g/mol. The first-order valence-corrected chi connectivity index (χ1v) is 5.64. The number of benzene rings is 1. The van der Waals surface area contributed by atoms with E-state index in [1.165, 1.54) is 0 Å². The van der Waals surface area contributed by atoms with Crippen LogP contribution in [0.4, 0.5) is 0 Å². The number of allylic oxidation sites excluding steroid dienone is 1. The van der Waals surface area contributed by atoms with Gasteiger partial charge in [-0.15, -0.1) is 16.7 Å². The van der Waals surface area contributed by atoms with Gasteiger partial charge in [-0.05, 0) is 24.6 Å². The zero-order valence-electron chi connectivity index (χ0n) is 8.75. The van der Waals surface area contributed by atoms with Gasteiger partial charge in [0.1, 0.15) is 0 Å². The van der Waals surface area contributed by atoms with Crippen molar-refractivity contribution in [3.8, 4) is 5.69 Å². The fourth-order valence-electron chi connectivity index (χ4n) is 1.39. The number of alkyl halides is 1. The molecule has 0 aliphatic heterocycles. The molecule has 0 bridgehead atoms. The average Bonchev–Trinajstić information content (AvgIpc) is 2.79. The fraction of sp³-hybridized carbons (Fsp3) is 0.167. The van der Waals surface area contributed by atoms with Gasteiger partial charge in [0.15, 0.2) is 0 Å². The summed E-state index contributed by atoms with van der Waals surface area (Å²) in [6.45, 7) is 0. The SMILES string of the molecule is ClCC/C=C/c1cnnn1-c1ccccc1. The molecule has 1 aromatic heterocycles. The minimum atomic E-state index is 0.628. The zero-order valence-corrected chi connectivity index (χ0v) is 9.51. The van der Waals surface area contributed by atoms with Crippen LogP contribution in [-0.4, -0.2) is 20.9 Å². The third-order valence-corrected chi connectivity index (χ3v) is 2.36. The Labute approximate surface area is 99.4 Å². The highest BCUT2D eigenvalue weighted by Crippen LogP contribution is 2.10. The standard InChI is InChI=1S/C12H12ClN3/c13-9-5-4-8-12-10-14-15-16(12)11-6-2-1-3-7-11/h1-4,6-8,10H,5,9H2/b8-4+. The van der Waals surface area contributed by atoms with Crippen LogP contribution in [-0.2, 0) is 0 Å². The highest BCUT2D eigenvalue weighted by molar-refractivity contribution is 6.17. The van der Waals surface area contributed by atoms with E-state index in [9.17, 15) is 0 Å². The van der Waals surface area contributed by atoms with Crippen LogP contribution >= 0.6 is 11.6 Å². The van der Waals surface area contributed by atoms with E-state index in [2.05, 4.69) is 10.3 Å². The lowest BCUT2D eigenvalue weighted by molar-refractivity contribution is 0.798. The monoisotopic (exact) mass is 233 g/mol. The third-order valence-electron chi connectivity index (χ3n) is 2.14. The van der Waals surface area contributed by atoms with E-state index in [1.807, 2.05) is 42.5 Å². The van der Waals surface area contributed by atoms with E-state index in [0.29, 0.717) is 5.88 Å². The van der Waals surface area contributed by atoms with Crippen molar-refractivity contribution in [3.63, 3.8) is 0 Å². The first-order chi connectivity index (χ1) is 7.92. The lowest BCUT2D eigenvalue weighted by atomic mass is 10.3. The Hall–Kier alpha value is -1.61. The minimum absolute atomic E-state index is 0.628. The van der Waals surface area contributed by atoms with E-state index in [-0.39, 0.29) is 0 Å². The number of rotatable bonds is 4. The van der Waals surface area contributed by atoms with Gasteiger partial charge in [-0.1, -0.05) is 29.5 Å². The van der Waals surface area contributed by atoms with Crippen LogP contribution < -0.4 is 0 Å². The summed E-state index contributed by atoms with van der Waals surface area (Å²) in [4.78, 5) is 0. The van der Waals surface area contributed by atoms with Crippen LogP contribution in [0, 0.1) is 0 Å². The Bertz CT molecular complexity index is 462. The number of hydrogen-bond donors (Lipinski definition) is 0. The van der Waals surface area contributed by atoms with Crippen LogP contribution in [0.15, 0.2) is 42.6 Å². The van der Waals surface area contributed by atoms with Crippen molar-refractivity contribution < 1.29 is 0 Å². The molecule has 4 heteroatoms. The molecule has 16 heavy (non-hydrogen) atoms. The maximum absolute atomic E-state index is 5.61. The molecule has 0 radical (unpaired) electrons. The molecule has 0 aliphatic rings. The summed E-state index contributed by atoms with van der Waals surface area (Å²) in [5.41, 5.74) is 1.96. The molecule has 1 heterocycles. The molecule has 0 spiro atoms. The molecule has 0 aliphatic carbocycles. The molecule has 82 valence electrons. The van der Waals surface area contributed by atoms with E-state index < -0.39 is 0 Å².